The number of aromatic nitrogens is 5. The van der Waals surface area contributed by atoms with Crippen LogP contribution >= 0.6 is 0 Å². The van der Waals surface area contributed by atoms with Crippen LogP contribution in [0.4, 0.5) is 10.1 Å². The van der Waals surface area contributed by atoms with Crippen LogP contribution in [0, 0.1) is 12.7 Å². The van der Waals surface area contributed by atoms with Crippen LogP contribution in [0.1, 0.15) is 47.4 Å². The van der Waals surface area contributed by atoms with Crippen molar-refractivity contribution in [1.29, 1.82) is 0 Å². The first-order chi connectivity index (χ1) is 15.0. The molecule has 5 rings (SSSR count). The Balaban J connectivity index is 1.48. The fraction of sp³-hybridized carbons (Fsp3) is 0.273. The lowest BCUT2D eigenvalue weighted by Gasteiger charge is -2.11. The number of anilines is 1. The summed E-state index contributed by atoms with van der Waals surface area (Å²) >= 11 is 0. The van der Waals surface area contributed by atoms with Crippen LogP contribution in [-0.4, -0.2) is 37.3 Å². The van der Waals surface area contributed by atoms with E-state index in [0.29, 0.717) is 40.6 Å². The number of hydrogen-bond acceptors (Lipinski definition) is 5. The zero-order chi connectivity index (χ0) is 21.5. The first-order valence-electron chi connectivity index (χ1n) is 10.2. The lowest BCUT2D eigenvalue weighted by atomic mass is 10.1. The Labute approximate surface area is 177 Å². The average Bonchev–Trinajstić information content (AvgIpc) is 3.31. The van der Waals surface area contributed by atoms with E-state index in [1.807, 2.05) is 6.92 Å². The van der Waals surface area contributed by atoms with Crippen LogP contribution in [0.25, 0.3) is 16.9 Å². The van der Waals surface area contributed by atoms with Gasteiger partial charge >= 0.3 is 0 Å². The summed E-state index contributed by atoms with van der Waals surface area (Å²) in [6.45, 7) is 4.07. The number of aromatic amines is 1. The highest BCUT2D eigenvalue weighted by molar-refractivity contribution is 6.10. The summed E-state index contributed by atoms with van der Waals surface area (Å²) in [5, 5.41) is 14.2. The number of carbonyl (C=O) groups is 1. The summed E-state index contributed by atoms with van der Waals surface area (Å²) in [6.07, 6.45) is 5.37. The molecule has 1 amide bonds. The molecule has 0 aliphatic heterocycles. The maximum absolute atomic E-state index is 14.7. The van der Waals surface area contributed by atoms with Crippen molar-refractivity contribution in [1.82, 2.24) is 24.8 Å². The molecule has 8 nitrogen and oxygen atoms in total. The summed E-state index contributed by atoms with van der Waals surface area (Å²) in [5.41, 5.74) is 2.24. The second-order valence-corrected chi connectivity index (χ2v) is 7.58. The van der Waals surface area contributed by atoms with Crippen LogP contribution in [0.2, 0.25) is 0 Å². The van der Waals surface area contributed by atoms with E-state index in [1.165, 1.54) is 12.3 Å². The number of fused-ring (bicyclic) bond motifs is 1. The molecular formula is C22H21FN6O2. The van der Waals surface area contributed by atoms with E-state index in [9.17, 15) is 9.18 Å². The molecule has 1 aliphatic carbocycles. The van der Waals surface area contributed by atoms with Crippen molar-refractivity contribution in [2.75, 3.05) is 11.9 Å². The minimum Gasteiger partial charge on any atom is -0.492 e. The summed E-state index contributed by atoms with van der Waals surface area (Å²) in [6, 6.07) is 6.53. The van der Waals surface area contributed by atoms with Crippen molar-refractivity contribution in [2.24, 2.45) is 0 Å². The van der Waals surface area contributed by atoms with Gasteiger partial charge < -0.3 is 10.1 Å². The molecule has 31 heavy (non-hydrogen) atoms. The molecule has 0 unspecified atom stereocenters. The van der Waals surface area contributed by atoms with Gasteiger partial charge in [0.1, 0.15) is 22.9 Å². The third-order valence-corrected chi connectivity index (χ3v) is 5.32. The van der Waals surface area contributed by atoms with Crippen LogP contribution in [0.5, 0.6) is 5.75 Å². The number of rotatable bonds is 6. The molecular weight excluding hydrogens is 399 g/mol. The van der Waals surface area contributed by atoms with Gasteiger partial charge in [0.25, 0.3) is 5.91 Å². The van der Waals surface area contributed by atoms with E-state index < -0.39 is 5.82 Å². The molecule has 0 radical (unpaired) electrons. The number of halogens is 1. The lowest BCUT2D eigenvalue weighted by molar-refractivity contribution is 0.102. The predicted octanol–water partition coefficient (Wildman–Crippen LogP) is 4.10. The molecule has 9 heteroatoms. The Morgan fingerprint density at radius 3 is 3.00 bits per heavy atom. The normalized spacial score (nSPS) is 13.5. The third kappa shape index (κ3) is 3.52. The number of carbonyl (C=O) groups excluding carboxylic acids is 1. The fourth-order valence-corrected chi connectivity index (χ4v) is 3.55. The van der Waals surface area contributed by atoms with Crippen molar-refractivity contribution >= 4 is 17.1 Å². The molecule has 4 aromatic rings. The van der Waals surface area contributed by atoms with Gasteiger partial charge in [-0.15, -0.1) is 0 Å². The van der Waals surface area contributed by atoms with Gasteiger partial charge in [0.05, 0.1) is 23.9 Å². The Morgan fingerprint density at radius 1 is 1.39 bits per heavy atom. The van der Waals surface area contributed by atoms with Gasteiger partial charge in [0.15, 0.2) is 5.82 Å². The van der Waals surface area contributed by atoms with Crippen molar-refractivity contribution in [3.8, 4) is 17.1 Å². The maximum Gasteiger partial charge on any atom is 0.259 e. The first kappa shape index (κ1) is 19.2. The van der Waals surface area contributed by atoms with Crippen LogP contribution in [0.3, 0.4) is 0 Å². The molecule has 0 spiro atoms. The molecule has 1 aliphatic rings. The molecule has 158 valence electrons. The predicted molar refractivity (Wildman–Crippen MR) is 113 cm³/mol. The van der Waals surface area contributed by atoms with Crippen LogP contribution in [0.15, 0.2) is 36.7 Å². The number of hydrogen-bond donors (Lipinski definition) is 2. The highest BCUT2D eigenvalue weighted by Gasteiger charge is 2.28. The Kier molecular flexibility index (Phi) is 4.65. The zero-order valence-corrected chi connectivity index (χ0v) is 17.1. The van der Waals surface area contributed by atoms with E-state index >= 15 is 0 Å². The lowest BCUT2D eigenvalue weighted by Crippen LogP contribution is -2.13. The van der Waals surface area contributed by atoms with Gasteiger partial charge in [-0.2, -0.15) is 10.2 Å². The van der Waals surface area contributed by atoms with Gasteiger partial charge in [0, 0.05) is 17.8 Å². The number of aryl methyl sites for hydroxylation is 1. The largest absolute Gasteiger partial charge is 0.492 e. The standard InChI is InChI=1S/C22H21FN6O2/c1-3-31-18-5-4-8-29-19(18)15(11-24-29)22(30)25-17-10-14(16(23)9-12(17)2)21-26-20(27-28-21)13-6-7-13/h4-5,8-11,13H,3,6-7H2,1-2H3,(H,25,30)(H,26,27,28). The molecule has 0 atom stereocenters. The SMILES string of the molecule is CCOc1cccn2ncc(C(=O)Nc3cc(-c4n[nH]c(C5CC5)n4)c(F)cc3C)c12. The van der Waals surface area contributed by atoms with Crippen LogP contribution in [-0.2, 0) is 0 Å². The number of benzene rings is 1. The van der Waals surface area contributed by atoms with E-state index in [-0.39, 0.29) is 17.3 Å². The van der Waals surface area contributed by atoms with E-state index in [0.717, 1.165) is 18.7 Å². The third-order valence-electron chi connectivity index (χ3n) is 5.32. The molecule has 0 saturated heterocycles. The Morgan fingerprint density at radius 2 is 2.23 bits per heavy atom. The van der Waals surface area contributed by atoms with E-state index in [2.05, 4.69) is 25.6 Å². The molecule has 3 heterocycles. The molecule has 0 bridgehead atoms. The van der Waals surface area contributed by atoms with Gasteiger partial charge in [-0.05, 0) is 56.5 Å². The van der Waals surface area contributed by atoms with Gasteiger partial charge in [-0.1, -0.05) is 0 Å². The summed E-state index contributed by atoms with van der Waals surface area (Å²) < 4.78 is 21.9. The van der Waals surface area contributed by atoms with Gasteiger partial charge in [-0.25, -0.2) is 13.9 Å². The first-order valence-corrected chi connectivity index (χ1v) is 10.2. The summed E-state index contributed by atoms with van der Waals surface area (Å²) in [5.74, 6) is 1.20. The van der Waals surface area contributed by atoms with E-state index in [4.69, 9.17) is 4.74 Å². The highest BCUT2D eigenvalue weighted by Crippen LogP contribution is 2.38. The zero-order valence-electron chi connectivity index (χ0n) is 17.1. The molecule has 2 N–H and O–H groups in total. The smallest absolute Gasteiger partial charge is 0.259 e. The number of amides is 1. The number of H-pyrrole nitrogens is 1. The quantitative estimate of drug-likeness (QED) is 0.490. The minimum absolute atomic E-state index is 0.235. The number of nitrogens with zero attached hydrogens (tertiary/aromatic N) is 4. The number of ether oxygens (including phenoxy) is 1. The second-order valence-electron chi connectivity index (χ2n) is 7.58. The number of nitrogens with one attached hydrogen (secondary N) is 2. The maximum atomic E-state index is 14.7. The Hall–Kier alpha value is -3.75. The van der Waals surface area contributed by atoms with Crippen LogP contribution < -0.4 is 10.1 Å². The van der Waals surface area contributed by atoms with Gasteiger partial charge in [-0.3, -0.25) is 9.89 Å². The number of pyridine rings is 1. The topological polar surface area (TPSA) is 97.2 Å². The van der Waals surface area contributed by atoms with Crippen molar-refractivity contribution < 1.29 is 13.9 Å². The molecule has 1 fully saturated rings. The van der Waals surface area contributed by atoms with Crippen molar-refractivity contribution in [3.05, 3.63) is 59.4 Å². The van der Waals surface area contributed by atoms with Crippen molar-refractivity contribution in [2.45, 2.75) is 32.6 Å². The fourth-order valence-electron chi connectivity index (χ4n) is 3.55. The molecule has 1 aromatic carbocycles. The monoisotopic (exact) mass is 420 g/mol. The summed E-state index contributed by atoms with van der Waals surface area (Å²) in [4.78, 5) is 17.5. The van der Waals surface area contributed by atoms with Gasteiger partial charge in [0.2, 0.25) is 0 Å². The highest BCUT2D eigenvalue weighted by atomic mass is 19.1. The molecule has 1 saturated carbocycles. The second kappa shape index (κ2) is 7.50. The average molecular weight is 420 g/mol. The molecule has 3 aromatic heterocycles. The summed E-state index contributed by atoms with van der Waals surface area (Å²) in [7, 11) is 0. The minimum atomic E-state index is -0.438. The van der Waals surface area contributed by atoms with Crippen molar-refractivity contribution in [3.63, 3.8) is 0 Å². The Bertz CT molecular complexity index is 1290. The van der Waals surface area contributed by atoms with E-state index in [1.54, 1.807) is 35.8 Å².